The fourth-order valence-electron chi connectivity index (χ4n) is 6.37. The van der Waals surface area contributed by atoms with E-state index in [1.165, 1.54) is 128 Å². The normalized spacial score (nSPS) is 11.6. The summed E-state index contributed by atoms with van der Waals surface area (Å²) in [6.07, 6.45) is 32.2. The second-order valence-corrected chi connectivity index (χ2v) is 14.2. The first-order valence-electron chi connectivity index (χ1n) is 21.0. The van der Waals surface area contributed by atoms with Crippen molar-refractivity contribution in [2.24, 2.45) is 0 Å². The lowest BCUT2D eigenvalue weighted by Gasteiger charge is -2.24. The first-order chi connectivity index (χ1) is 24.1. The zero-order chi connectivity index (χ0) is 35.9. The molecule has 0 aliphatic carbocycles. The molecule has 0 amide bonds. The fourth-order valence-corrected chi connectivity index (χ4v) is 6.37. The molecule has 292 valence electrons. The highest BCUT2D eigenvalue weighted by atomic mass is 16.5. The van der Waals surface area contributed by atoms with Gasteiger partial charge in [-0.3, -0.25) is 14.5 Å². The van der Waals surface area contributed by atoms with Crippen molar-refractivity contribution in [3.05, 3.63) is 0 Å². The first kappa shape index (κ1) is 47.8. The standard InChI is InChI=1S/C41H82N2O6/c1-3-5-7-9-11-13-15-17-19-21-23-25-38-48-40(46)28-32-42(30-27-31-43(34-36-44)35-37-45)33-29-41(47)49-39-26-24-22-20-18-16-14-12-10-8-6-4-2/h44-45H,3-39H2,1-2H3. The molecule has 0 atom stereocenters. The summed E-state index contributed by atoms with van der Waals surface area (Å²) >= 11 is 0. The highest BCUT2D eigenvalue weighted by Crippen LogP contribution is 2.13. The maximum absolute atomic E-state index is 12.5. The molecule has 0 aromatic rings. The van der Waals surface area contributed by atoms with E-state index in [2.05, 4.69) is 18.7 Å². The van der Waals surface area contributed by atoms with Crippen LogP contribution in [0.25, 0.3) is 0 Å². The molecule has 0 heterocycles. The maximum Gasteiger partial charge on any atom is 0.307 e. The SMILES string of the molecule is CCCCCCCCCCCCCCOC(=O)CCN(CCCN(CCO)CCO)CCC(=O)OCCCCCCCCCCCCCC. The van der Waals surface area contributed by atoms with E-state index in [0.717, 1.165) is 45.2 Å². The highest BCUT2D eigenvalue weighted by Gasteiger charge is 2.13. The van der Waals surface area contributed by atoms with E-state index >= 15 is 0 Å². The molecule has 0 fully saturated rings. The minimum absolute atomic E-state index is 0.0553. The molecular formula is C41H82N2O6. The van der Waals surface area contributed by atoms with Crippen LogP contribution in [-0.4, -0.2) is 97.6 Å². The predicted molar refractivity (Wildman–Crippen MR) is 205 cm³/mol. The van der Waals surface area contributed by atoms with Gasteiger partial charge in [-0.1, -0.05) is 155 Å². The topological polar surface area (TPSA) is 99.5 Å². The van der Waals surface area contributed by atoms with E-state index in [1.54, 1.807) is 0 Å². The van der Waals surface area contributed by atoms with Gasteiger partial charge in [0.1, 0.15) is 0 Å². The van der Waals surface area contributed by atoms with Gasteiger partial charge >= 0.3 is 11.9 Å². The van der Waals surface area contributed by atoms with E-state index in [9.17, 15) is 19.8 Å². The Morgan fingerprint density at radius 3 is 0.980 bits per heavy atom. The van der Waals surface area contributed by atoms with Crippen LogP contribution < -0.4 is 0 Å². The van der Waals surface area contributed by atoms with Crippen molar-refractivity contribution in [3.8, 4) is 0 Å². The average molecular weight is 699 g/mol. The highest BCUT2D eigenvalue weighted by molar-refractivity contribution is 5.70. The number of aliphatic hydroxyl groups excluding tert-OH is 2. The van der Waals surface area contributed by atoms with Gasteiger partial charge in [0.2, 0.25) is 0 Å². The molecular weight excluding hydrogens is 616 g/mol. The van der Waals surface area contributed by atoms with Gasteiger partial charge in [0, 0.05) is 26.2 Å². The summed E-state index contributed by atoms with van der Waals surface area (Å²) in [6.45, 7) is 9.21. The summed E-state index contributed by atoms with van der Waals surface area (Å²) in [6, 6.07) is 0. The summed E-state index contributed by atoms with van der Waals surface area (Å²) in [4.78, 5) is 29.1. The zero-order valence-corrected chi connectivity index (χ0v) is 32.6. The van der Waals surface area contributed by atoms with E-state index in [0.29, 0.717) is 52.2 Å². The van der Waals surface area contributed by atoms with Crippen LogP contribution in [0.2, 0.25) is 0 Å². The molecule has 2 N–H and O–H groups in total. The largest absolute Gasteiger partial charge is 0.466 e. The molecule has 0 radical (unpaired) electrons. The quantitative estimate of drug-likeness (QED) is 0.0483. The summed E-state index contributed by atoms with van der Waals surface area (Å²) < 4.78 is 11.1. The van der Waals surface area contributed by atoms with Gasteiger partial charge in [-0.25, -0.2) is 0 Å². The number of hydrogen-bond acceptors (Lipinski definition) is 8. The minimum atomic E-state index is -0.176. The van der Waals surface area contributed by atoms with E-state index in [1.807, 2.05) is 4.90 Å². The number of esters is 2. The molecule has 0 bridgehead atoms. The lowest BCUT2D eigenvalue weighted by Crippen LogP contribution is -2.35. The molecule has 8 heteroatoms. The average Bonchev–Trinajstić information content (AvgIpc) is 3.10. The monoisotopic (exact) mass is 699 g/mol. The molecule has 49 heavy (non-hydrogen) atoms. The number of carbonyl (C=O) groups excluding carboxylic acids is 2. The second kappa shape index (κ2) is 39.6. The predicted octanol–water partition coefficient (Wildman–Crippen LogP) is 9.23. The Labute approximate surface area is 303 Å². The van der Waals surface area contributed by atoms with Crippen molar-refractivity contribution in [2.45, 2.75) is 187 Å². The third-order valence-corrected chi connectivity index (χ3v) is 9.57. The van der Waals surface area contributed by atoms with Crippen molar-refractivity contribution >= 4 is 11.9 Å². The third kappa shape index (κ3) is 36.4. The molecule has 0 aliphatic heterocycles. The van der Waals surface area contributed by atoms with Crippen molar-refractivity contribution in [3.63, 3.8) is 0 Å². The van der Waals surface area contributed by atoms with Crippen LogP contribution in [0.4, 0.5) is 0 Å². The van der Waals surface area contributed by atoms with E-state index in [-0.39, 0.29) is 25.2 Å². The van der Waals surface area contributed by atoms with Crippen LogP contribution >= 0.6 is 0 Å². The lowest BCUT2D eigenvalue weighted by atomic mass is 10.1. The molecule has 8 nitrogen and oxygen atoms in total. The van der Waals surface area contributed by atoms with Crippen molar-refractivity contribution < 1.29 is 29.3 Å². The Morgan fingerprint density at radius 2 is 0.673 bits per heavy atom. The molecule has 0 unspecified atom stereocenters. The zero-order valence-electron chi connectivity index (χ0n) is 32.6. The van der Waals surface area contributed by atoms with Crippen molar-refractivity contribution in [2.75, 3.05) is 65.7 Å². The van der Waals surface area contributed by atoms with Crippen molar-refractivity contribution in [1.29, 1.82) is 0 Å². The molecule has 0 saturated carbocycles. The number of carbonyl (C=O) groups is 2. The molecule has 0 spiro atoms. The molecule has 0 aliphatic rings. The number of rotatable bonds is 40. The van der Waals surface area contributed by atoms with Crippen LogP contribution in [0.1, 0.15) is 187 Å². The summed E-state index contributed by atoms with van der Waals surface area (Å²) in [7, 11) is 0. The van der Waals surface area contributed by atoms with Gasteiger partial charge in [0.05, 0.1) is 39.3 Å². The Morgan fingerprint density at radius 1 is 0.388 bits per heavy atom. The summed E-state index contributed by atoms with van der Waals surface area (Å²) in [5, 5.41) is 18.6. The molecule has 0 aromatic heterocycles. The number of hydrogen-bond donors (Lipinski definition) is 2. The Kier molecular flexibility index (Phi) is 38.6. The summed E-state index contributed by atoms with van der Waals surface area (Å²) in [5.74, 6) is -0.352. The van der Waals surface area contributed by atoms with Crippen molar-refractivity contribution in [1.82, 2.24) is 9.80 Å². The van der Waals surface area contributed by atoms with Crippen LogP contribution in [0.5, 0.6) is 0 Å². The Balaban J connectivity index is 4.18. The summed E-state index contributed by atoms with van der Waals surface area (Å²) in [5.41, 5.74) is 0. The number of ether oxygens (including phenoxy) is 2. The lowest BCUT2D eigenvalue weighted by molar-refractivity contribution is -0.144. The third-order valence-electron chi connectivity index (χ3n) is 9.57. The Bertz CT molecular complexity index is 643. The van der Waals surface area contributed by atoms with Crippen LogP contribution in [0.15, 0.2) is 0 Å². The Hall–Kier alpha value is -1.22. The number of unbranched alkanes of at least 4 members (excludes halogenated alkanes) is 22. The second-order valence-electron chi connectivity index (χ2n) is 14.2. The van der Waals surface area contributed by atoms with Gasteiger partial charge in [-0.05, 0) is 32.4 Å². The van der Waals surface area contributed by atoms with Gasteiger partial charge in [0.15, 0.2) is 0 Å². The van der Waals surface area contributed by atoms with Crippen LogP contribution in [0.3, 0.4) is 0 Å². The van der Waals surface area contributed by atoms with Crippen LogP contribution in [0, 0.1) is 0 Å². The first-order valence-corrected chi connectivity index (χ1v) is 21.0. The smallest absolute Gasteiger partial charge is 0.307 e. The van der Waals surface area contributed by atoms with Gasteiger partial charge in [-0.15, -0.1) is 0 Å². The molecule has 0 rings (SSSR count). The number of nitrogens with zero attached hydrogens (tertiary/aromatic N) is 2. The van der Waals surface area contributed by atoms with E-state index < -0.39 is 0 Å². The van der Waals surface area contributed by atoms with Gasteiger partial charge in [0.25, 0.3) is 0 Å². The maximum atomic E-state index is 12.5. The minimum Gasteiger partial charge on any atom is -0.466 e. The fraction of sp³-hybridized carbons (Fsp3) is 0.951. The van der Waals surface area contributed by atoms with Crippen LogP contribution in [-0.2, 0) is 19.1 Å². The number of aliphatic hydroxyl groups is 2. The van der Waals surface area contributed by atoms with Gasteiger partial charge < -0.3 is 24.6 Å². The van der Waals surface area contributed by atoms with E-state index in [4.69, 9.17) is 9.47 Å². The molecule has 0 saturated heterocycles. The van der Waals surface area contributed by atoms with Gasteiger partial charge in [-0.2, -0.15) is 0 Å². The molecule has 0 aromatic carbocycles.